The van der Waals surface area contributed by atoms with E-state index in [-0.39, 0.29) is 23.0 Å². The summed E-state index contributed by atoms with van der Waals surface area (Å²) >= 11 is 0. The van der Waals surface area contributed by atoms with Gasteiger partial charge in [0.2, 0.25) is 11.8 Å². The number of piperidine rings is 1. The van der Waals surface area contributed by atoms with Crippen LogP contribution in [0.2, 0.25) is 0 Å². The smallest absolute Gasteiger partial charge is 0.240 e. The Bertz CT molecular complexity index is 404. The van der Waals surface area contributed by atoms with Gasteiger partial charge in [-0.05, 0) is 40.5 Å². The number of rotatable bonds is 4. The average molecular weight is 298 g/mol. The lowest BCUT2D eigenvalue weighted by molar-refractivity contribution is -0.144. The second-order valence-electron chi connectivity index (χ2n) is 7.68. The van der Waals surface area contributed by atoms with E-state index in [4.69, 9.17) is 11.6 Å². The lowest BCUT2D eigenvalue weighted by Gasteiger charge is -2.48. The van der Waals surface area contributed by atoms with E-state index in [1.165, 1.54) is 5.01 Å². The highest BCUT2D eigenvalue weighted by Crippen LogP contribution is 2.31. The van der Waals surface area contributed by atoms with Gasteiger partial charge in [0, 0.05) is 22.9 Å². The molecule has 0 spiro atoms. The van der Waals surface area contributed by atoms with Crippen molar-refractivity contribution < 1.29 is 9.59 Å². The Balaban J connectivity index is 2.84. The fourth-order valence-electron chi connectivity index (χ4n) is 3.34. The minimum Gasteiger partial charge on any atom is -0.369 e. The van der Waals surface area contributed by atoms with Crippen LogP contribution in [0.15, 0.2) is 0 Å². The molecule has 2 amide bonds. The van der Waals surface area contributed by atoms with Gasteiger partial charge in [-0.25, -0.2) is 5.84 Å². The Morgan fingerprint density at radius 2 is 1.52 bits per heavy atom. The van der Waals surface area contributed by atoms with Crippen molar-refractivity contribution >= 4 is 11.8 Å². The summed E-state index contributed by atoms with van der Waals surface area (Å²) < 4.78 is 0. The highest BCUT2D eigenvalue weighted by Gasteiger charge is 2.41. The van der Waals surface area contributed by atoms with Gasteiger partial charge in [-0.1, -0.05) is 13.8 Å². The highest BCUT2D eigenvalue weighted by molar-refractivity contribution is 5.86. The molecule has 0 aliphatic carbocycles. The minimum atomic E-state index is -0.522. The normalized spacial score (nSPS) is 24.1. The molecular weight excluding hydrogens is 268 g/mol. The summed E-state index contributed by atoms with van der Waals surface area (Å²) in [6, 6.07) is -0.0497. The number of amides is 2. The molecule has 1 fully saturated rings. The van der Waals surface area contributed by atoms with E-state index in [2.05, 4.69) is 33.0 Å². The van der Waals surface area contributed by atoms with Crippen molar-refractivity contribution in [1.29, 1.82) is 0 Å². The van der Waals surface area contributed by atoms with Crippen LogP contribution in [0.5, 0.6) is 0 Å². The van der Waals surface area contributed by atoms with Crippen molar-refractivity contribution in [2.45, 2.75) is 71.5 Å². The van der Waals surface area contributed by atoms with Crippen molar-refractivity contribution in [2.24, 2.45) is 23.4 Å². The number of carbonyl (C=O) groups excluding carboxylic acids is 2. The Hall–Kier alpha value is -1.14. The van der Waals surface area contributed by atoms with Gasteiger partial charge in [-0.3, -0.25) is 14.6 Å². The average Bonchev–Trinajstić information content (AvgIpc) is 2.31. The van der Waals surface area contributed by atoms with E-state index >= 15 is 0 Å². The molecule has 1 heterocycles. The fraction of sp³-hybridized carbons (Fsp3) is 0.867. The molecule has 0 radical (unpaired) electrons. The molecular formula is C15H30N4O2. The lowest BCUT2D eigenvalue weighted by Crippen LogP contribution is -2.64. The van der Waals surface area contributed by atoms with Crippen LogP contribution >= 0.6 is 0 Å². The summed E-state index contributed by atoms with van der Waals surface area (Å²) in [5.41, 5.74) is 5.09. The summed E-state index contributed by atoms with van der Waals surface area (Å²) in [7, 11) is 0. The number of nitrogens with one attached hydrogen (secondary N) is 1. The molecule has 0 aromatic heterocycles. The number of carbonyl (C=O) groups is 2. The van der Waals surface area contributed by atoms with Gasteiger partial charge in [-0.15, -0.1) is 0 Å². The third kappa shape index (κ3) is 4.41. The Labute approximate surface area is 127 Å². The maximum absolute atomic E-state index is 12.5. The zero-order chi connectivity index (χ0) is 16.6. The highest BCUT2D eigenvalue weighted by atomic mass is 16.2. The molecule has 1 rings (SSSR count). The van der Waals surface area contributed by atoms with Gasteiger partial charge in [0.25, 0.3) is 0 Å². The quantitative estimate of drug-likeness (QED) is 0.405. The van der Waals surface area contributed by atoms with Gasteiger partial charge in [0.15, 0.2) is 0 Å². The van der Waals surface area contributed by atoms with E-state index in [1.807, 2.05) is 0 Å². The Morgan fingerprint density at radius 1 is 1.10 bits per heavy atom. The SMILES string of the molecule is CC(C(N)=O)C(C)C(=O)N(N)C1CC(C)(C)NC(C)(C)C1. The molecule has 0 saturated carbocycles. The Morgan fingerprint density at radius 3 is 1.90 bits per heavy atom. The van der Waals surface area contributed by atoms with Crippen molar-refractivity contribution in [3.63, 3.8) is 0 Å². The number of hydrazine groups is 1. The van der Waals surface area contributed by atoms with E-state index < -0.39 is 17.7 Å². The molecule has 1 saturated heterocycles. The first-order valence-corrected chi connectivity index (χ1v) is 7.53. The number of nitrogens with zero attached hydrogens (tertiary/aromatic N) is 1. The molecule has 6 heteroatoms. The topological polar surface area (TPSA) is 101 Å². The minimum absolute atomic E-state index is 0.0497. The van der Waals surface area contributed by atoms with Gasteiger partial charge in [0.05, 0.1) is 6.04 Å². The molecule has 1 aliphatic heterocycles. The van der Waals surface area contributed by atoms with E-state index in [0.29, 0.717) is 0 Å². The lowest BCUT2D eigenvalue weighted by atomic mass is 9.79. The number of primary amides is 1. The van der Waals surface area contributed by atoms with Crippen molar-refractivity contribution in [3.8, 4) is 0 Å². The summed E-state index contributed by atoms with van der Waals surface area (Å²) in [5.74, 6) is 4.35. The van der Waals surface area contributed by atoms with Gasteiger partial charge in [0.1, 0.15) is 0 Å². The second kappa shape index (κ2) is 5.93. The molecule has 21 heavy (non-hydrogen) atoms. The molecule has 0 aromatic carbocycles. The molecule has 0 aromatic rings. The summed E-state index contributed by atoms with van der Waals surface area (Å²) in [6.07, 6.45) is 1.55. The second-order valence-corrected chi connectivity index (χ2v) is 7.68. The first kappa shape index (κ1) is 17.9. The molecule has 5 N–H and O–H groups in total. The number of hydrogen-bond acceptors (Lipinski definition) is 4. The van der Waals surface area contributed by atoms with Gasteiger partial charge < -0.3 is 11.1 Å². The van der Waals surface area contributed by atoms with Crippen molar-refractivity contribution in [1.82, 2.24) is 10.3 Å². The zero-order valence-electron chi connectivity index (χ0n) is 14.1. The molecule has 2 unspecified atom stereocenters. The van der Waals surface area contributed by atoms with Crippen LogP contribution in [0.25, 0.3) is 0 Å². The third-order valence-corrected chi connectivity index (χ3v) is 4.40. The van der Waals surface area contributed by atoms with Crippen LogP contribution in [-0.4, -0.2) is 33.9 Å². The largest absolute Gasteiger partial charge is 0.369 e. The van der Waals surface area contributed by atoms with E-state index in [9.17, 15) is 9.59 Å². The zero-order valence-corrected chi connectivity index (χ0v) is 14.1. The van der Waals surface area contributed by atoms with Crippen LogP contribution in [0.1, 0.15) is 54.4 Å². The first-order chi connectivity index (χ1) is 9.36. The van der Waals surface area contributed by atoms with Crippen molar-refractivity contribution in [2.75, 3.05) is 0 Å². The first-order valence-electron chi connectivity index (χ1n) is 7.53. The van der Waals surface area contributed by atoms with Crippen LogP contribution in [0, 0.1) is 11.8 Å². The molecule has 2 atom stereocenters. The van der Waals surface area contributed by atoms with Crippen molar-refractivity contribution in [3.05, 3.63) is 0 Å². The van der Waals surface area contributed by atoms with Gasteiger partial charge in [-0.2, -0.15) is 0 Å². The third-order valence-electron chi connectivity index (χ3n) is 4.40. The summed E-state index contributed by atoms with van der Waals surface area (Å²) in [4.78, 5) is 23.7. The predicted octanol–water partition coefficient (Wildman–Crippen LogP) is 0.755. The maximum atomic E-state index is 12.5. The van der Waals surface area contributed by atoms with Crippen LogP contribution in [0.3, 0.4) is 0 Å². The van der Waals surface area contributed by atoms with E-state index in [1.54, 1.807) is 13.8 Å². The number of nitrogens with two attached hydrogens (primary N) is 2. The molecule has 6 nitrogen and oxygen atoms in total. The maximum Gasteiger partial charge on any atom is 0.240 e. The summed E-state index contributed by atoms with van der Waals surface area (Å²) in [6.45, 7) is 11.8. The van der Waals surface area contributed by atoms with Crippen LogP contribution < -0.4 is 16.9 Å². The number of hydrogen-bond donors (Lipinski definition) is 3. The fourth-order valence-corrected chi connectivity index (χ4v) is 3.34. The van der Waals surface area contributed by atoms with Gasteiger partial charge >= 0.3 is 0 Å². The van der Waals surface area contributed by atoms with Crippen LogP contribution in [-0.2, 0) is 9.59 Å². The molecule has 122 valence electrons. The van der Waals surface area contributed by atoms with E-state index in [0.717, 1.165) is 12.8 Å². The standard InChI is InChI=1S/C15H30N4O2/c1-9(12(16)20)10(2)13(21)19(17)11-7-14(3,4)18-15(5,6)8-11/h9-11,18H,7-8,17H2,1-6H3,(H2,16,20). The molecule has 0 bridgehead atoms. The molecule has 1 aliphatic rings. The Kier molecular flexibility index (Phi) is 5.05. The predicted molar refractivity (Wildman–Crippen MR) is 82.9 cm³/mol. The van der Waals surface area contributed by atoms with Crippen LogP contribution in [0.4, 0.5) is 0 Å². The monoisotopic (exact) mass is 298 g/mol. The summed E-state index contributed by atoms with van der Waals surface area (Å²) in [5, 5.41) is 4.87.